The van der Waals surface area contributed by atoms with Gasteiger partial charge in [0.1, 0.15) is 0 Å². The van der Waals surface area contributed by atoms with Crippen LogP contribution in [0.3, 0.4) is 0 Å². The molecule has 4 heteroatoms. The third kappa shape index (κ3) is 2.53. The van der Waals surface area contributed by atoms with Crippen molar-refractivity contribution in [1.82, 2.24) is 9.78 Å². The van der Waals surface area contributed by atoms with Crippen LogP contribution in [0.15, 0.2) is 47.2 Å². The van der Waals surface area contributed by atoms with Gasteiger partial charge in [0.2, 0.25) is 0 Å². The number of aromatic nitrogens is 2. The van der Waals surface area contributed by atoms with Crippen LogP contribution >= 0.6 is 15.9 Å². The largest absolute Gasteiger partial charge is 0.272 e. The van der Waals surface area contributed by atoms with Gasteiger partial charge < -0.3 is 0 Å². The molecule has 0 amide bonds. The summed E-state index contributed by atoms with van der Waals surface area (Å²) in [6, 6.07) is 9.43. The van der Waals surface area contributed by atoms with Crippen molar-refractivity contribution in [3.05, 3.63) is 52.8 Å². The molecule has 0 aliphatic rings. The lowest BCUT2D eigenvalue weighted by atomic mass is 10.1. The van der Waals surface area contributed by atoms with Gasteiger partial charge in [-0.25, -0.2) is 4.68 Å². The first-order chi connectivity index (χ1) is 7.25. The monoisotopic (exact) mass is 264 g/mol. The Balaban J connectivity index is 2.13. The average Bonchev–Trinajstić information content (AvgIpc) is 2.70. The van der Waals surface area contributed by atoms with Gasteiger partial charge in [0.15, 0.2) is 0 Å². The summed E-state index contributed by atoms with van der Waals surface area (Å²) in [6.45, 7) is 0. The van der Waals surface area contributed by atoms with Crippen molar-refractivity contribution in [2.75, 3.05) is 0 Å². The molecule has 0 radical (unpaired) electrons. The average molecular weight is 265 g/mol. The van der Waals surface area contributed by atoms with Gasteiger partial charge in [0.05, 0.1) is 6.42 Å². The van der Waals surface area contributed by atoms with Crippen LogP contribution in [0.25, 0.3) is 0 Å². The molecule has 0 fully saturated rings. The molecular weight excluding hydrogens is 256 g/mol. The number of carbonyl (C=O) groups excluding carboxylic acids is 1. The lowest BCUT2D eigenvalue weighted by molar-refractivity contribution is 0.0898. The lowest BCUT2D eigenvalue weighted by Crippen LogP contribution is -2.13. The van der Waals surface area contributed by atoms with Gasteiger partial charge in [0.25, 0.3) is 5.91 Å². The number of hydrogen-bond donors (Lipinski definition) is 0. The highest BCUT2D eigenvalue weighted by molar-refractivity contribution is 9.10. The van der Waals surface area contributed by atoms with Crippen LogP contribution in [0.2, 0.25) is 0 Å². The molecular formula is C11H9BrN2O. The predicted octanol–water partition coefficient (Wildman–Crippen LogP) is 2.53. The van der Waals surface area contributed by atoms with E-state index in [0.717, 1.165) is 10.0 Å². The lowest BCUT2D eigenvalue weighted by Gasteiger charge is -2.01. The minimum atomic E-state index is -0.0295. The van der Waals surface area contributed by atoms with E-state index in [1.807, 2.05) is 24.3 Å². The van der Waals surface area contributed by atoms with E-state index in [2.05, 4.69) is 21.0 Å². The summed E-state index contributed by atoms with van der Waals surface area (Å²) in [7, 11) is 0. The molecule has 0 N–H and O–H groups in total. The Bertz CT molecular complexity index is 465. The Morgan fingerprint density at radius 2 is 2.27 bits per heavy atom. The molecule has 0 saturated heterocycles. The number of rotatable bonds is 2. The first-order valence-corrected chi connectivity index (χ1v) is 5.32. The molecule has 2 rings (SSSR count). The SMILES string of the molecule is O=C(Cc1cccc(Br)c1)n1cccn1. The first kappa shape index (κ1) is 10.1. The number of benzene rings is 1. The summed E-state index contributed by atoms with van der Waals surface area (Å²) in [6.07, 6.45) is 3.61. The minimum absolute atomic E-state index is 0.0295. The molecule has 3 nitrogen and oxygen atoms in total. The van der Waals surface area contributed by atoms with Gasteiger partial charge in [0, 0.05) is 16.9 Å². The van der Waals surface area contributed by atoms with Crippen LogP contribution < -0.4 is 0 Å². The minimum Gasteiger partial charge on any atom is -0.272 e. The zero-order chi connectivity index (χ0) is 10.7. The fraction of sp³-hybridized carbons (Fsp3) is 0.0909. The van der Waals surface area contributed by atoms with Crippen molar-refractivity contribution < 1.29 is 4.79 Å². The second-order valence-corrected chi connectivity index (χ2v) is 4.07. The van der Waals surface area contributed by atoms with Crippen LogP contribution in [0.5, 0.6) is 0 Å². The van der Waals surface area contributed by atoms with E-state index < -0.39 is 0 Å². The molecule has 2 aromatic rings. The molecule has 76 valence electrons. The van der Waals surface area contributed by atoms with Crippen LogP contribution in [-0.2, 0) is 6.42 Å². The summed E-state index contributed by atoms with van der Waals surface area (Å²) < 4.78 is 2.33. The van der Waals surface area contributed by atoms with Crippen molar-refractivity contribution in [3.8, 4) is 0 Å². The third-order valence-electron chi connectivity index (χ3n) is 2.00. The zero-order valence-electron chi connectivity index (χ0n) is 7.93. The molecule has 0 aliphatic carbocycles. The molecule has 0 spiro atoms. The molecule has 0 atom stereocenters. The quantitative estimate of drug-likeness (QED) is 0.836. The smallest absolute Gasteiger partial charge is 0.251 e. The summed E-state index contributed by atoms with van der Waals surface area (Å²) in [5.41, 5.74) is 0.977. The van der Waals surface area contributed by atoms with Crippen molar-refractivity contribution in [3.63, 3.8) is 0 Å². The third-order valence-corrected chi connectivity index (χ3v) is 2.50. The Hall–Kier alpha value is -1.42. The van der Waals surface area contributed by atoms with Crippen molar-refractivity contribution in [2.45, 2.75) is 6.42 Å². The topological polar surface area (TPSA) is 34.9 Å². The highest BCUT2D eigenvalue weighted by Gasteiger charge is 2.05. The number of hydrogen-bond acceptors (Lipinski definition) is 2. The molecule has 1 heterocycles. The Morgan fingerprint density at radius 3 is 2.93 bits per heavy atom. The van der Waals surface area contributed by atoms with Crippen molar-refractivity contribution in [1.29, 1.82) is 0 Å². The Morgan fingerprint density at radius 1 is 1.40 bits per heavy atom. The maximum Gasteiger partial charge on any atom is 0.251 e. The summed E-state index contributed by atoms with van der Waals surface area (Å²) in [5, 5.41) is 3.89. The van der Waals surface area contributed by atoms with E-state index in [0.29, 0.717) is 6.42 Å². The van der Waals surface area contributed by atoms with E-state index in [4.69, 9.17) is 0 Å². The van der Waals surface area contributed by atoms with Gasteiger partial charge in [-0.1, -0.05) is 28.1 Å². The predicted molar refractivity (Wildman–Crippen MR) is 60.7 cm³/mol. The second-order valence-electron chi connectivity index (χ2n) is 3.15. The normalized spacial score (nSPS) is 10.2. The van der Waals surface area contributed by atoms with Crippen LogP contribution in [0.4, 0.5) is 0 Å². The second kappa shape index (κ2) is 4.40. The molecule has 15 heavy (non-hydrogen) atoms. The summed E-state index contributed by atoms with van der Waals surface area (Å²) >= 11 is 3.37. The highest BCUT2D eigenvalue weighted by Crippen LogP contribution is 2.12. The summed E-state index contributed by atoms with van der Waals surface area (Å²) in [5.74, 6) is -0.0295. The molecule has 0 bridgehead atoms. The Labute approximate surface area is 95.9 Å². The van der Waals surface area contributed by atoms with E-state index >= 15 is 0 Å². The van der Waals surface area contributed by atoms with E-state index in [9.17, 15) is 4.79 Å². The number of carbonyl (C=O) groups is 1. The van der Waals surface area contributed by atoms with Crippen LogP contribution in [0, 0.1) is 0 Å². The van der Waals surface area contributed by atoms with Gasteiger partial charge in [-0.2, -0.15) is 5.10 Å². The standard InChI is InChI=1S/C11H9BrN2O/c12-10-4-1-3-9(7-10)8-11(15)14-6-2-5-13-14/h1-7H,8H2. The number of halogens is 1. The molecule has 1 aromatic heterocycles. The van der Waals surface area contributed by atoms with Crippen molar-refractivity contribution in [2.24, 2.45) is 0 Å². The van der Waals surface area contributed by atoms with E-state index in [1.165, 1.54) is 4.68 Å². The molecule has 1 aromatic carbocycles. The first-order valence-electron chi connectivity index (χ1n) is 4.53. The summed E-state index contributed by atoms with van der Waals surface area (Å²) in [4.78, 5) is 11.7. The number of nitrogens with zero attached hydrogens (tertiary/aromatic N) is 2. The highest BCUT2D eigenvalue weighted by atomic mass is 79.9. The van der Waals surface area contributed by atoms with E-state index in [1.54, 1.807) is 18.5 Å². The van der Waals surface area contributed by atoms with Crippen LogP contribution in [0.1, 0.15) is 10.4 Å². The van der Waals surface area contributed by atoms with E-state index in [-0.39, 0.29) is 5.91 Å². The fourth-order valence-electron chi connectivity index (χ4n) is 1.32. The molecule has 0 saturated carbocycles. The Kier molecular flexibility index (Phi) is 2.97. The van der Waals surface area contributed by atoms with Crippen molar-refractivity contribution >= 4 is 21.8 Å². The maximum atomic E-state index is 11.7. The van der Waals surface area contributed by atoms with Gasteiger partial charge in [-0.05, 0) is 23.8 Å². The fourth-order valence-corrected chi connectivity index (χ4v) is 1.77. The maximum absolute atomic E-state index is 11.7. The van der Waals surface area contributed by atoms with Crippen LogP contribution in [-0.4, -0.2) is 15.7 Å². The molecule has 0 unspecified atom stereocenters. The van der Waals surface area contributed by atoms with Gasteiger partial charge >= 0.3 is 0 Å². The molecule has 0 aliphatic heterocycles. The zero-order valence-corrected chi connectivity index (χ0v) is 9.52. The van der Waals surface area contributed by atoms with Gasteiger partial charge in [-0.15, -0.1) is 0 Å². The van der Waals surface area contributed by atoms with Gasteiger partial charge in [-0.3, -0.25) is 4.79 Å².